The van der Waals surface area contributed by atoms with Crippen LogP contribution in [0.3, 0.4) is 0 Å². The molecule has 0 radical (unpaired) electrons. The SMILES string of the molecule is Cc1ccc(C(CN)Oc2cc(C(C)C)c(Cl)cc2C)s1. The topological polar surface area (TPSA) is 35.2 Å². The van der Waals surface area contributed by atoms with E-state index in [1.165, 1.54) is 4.88 Å². The lowest BCUT2D eigenvalue weighted by atomic mass is 10.0. The van der Waals surface area contributed by atoms with E-state index in [9.17, 15) is 0 Å². The van der Waals surface area contributed by atoms with Crippen LogP contribution in [-0.4, -0.2) is 6.54 Å². The maximum Gasteiger partial charge on any atom is 0.145 e. The predicted molar refractivity (Wildman–Crippen MR) is 91.8 cm³/mol. The van der Waals surface area contributed by atoms with Gasteiger partial charge in [0.25, 0.3) is 0 Å². The highest BCUT2D eigenvalue weighted by atomic mass is 35.5. The first-order chi connectivity index (χ1) is 9.92. The minimum absolute atomic E-state index is 0.108. The monoisotopic (exact) mass is 323 g/mol. The van der Waals surface area contributed by atoms with E-state index < -0.39 is 0 Å². The quantitative estimate of drug-likeness (QED) is 0.818. The molecule has 4 heteroatoms. The summed E-state index contributed by atoms with van der Waals surface area (Å²) < 4.78 is 6.17. The van der Waals surface area contributed by atoms with Gasteiger partial charge in [0, 0.05) is 21.3 Å². The number of thiophene rings is 1. The van der Waals surface area contributed by atoms with Crippen LogP contribution in [0.5, 0.6) is 5.75 Å². The average Bonchev–Trinajstić information content (AvgIpc) is 2.84. The third kappa shape index (κ3) is 3.79. The van der Waals surface area contributed by atoms with Crippen molar-refractivity contribution in [3.63, 3.8) is 0 Å². The second-order valence-corrected chi connectivity index (χ2v) is 7.31. The first kappa shape index (κ1) is 16.3. The van der Waals surface area contributed by atoms with Gasteiger partial charge in [-0.2, -0.15) is 0 Å². The third-order valence-electron chi connectivity index (χ3n) is 3.48. The number of hydrogen-bond acceptors (Lipinski definition) is 3. The molecule has 1 aromatic carbocycles. The van der Waals surface area contributed by atoms with E-state index in [0.29, 0.717) is 12.5 Å². The molecule has 2 rings (SSSR count). The predicted octanol–water partition coefficient (Wildman–Crippen LogP) is 5.22. The van der Waals surface area contributed by atoms with E-state index in [4.69, 9.17) is 22.1 Å². The van der Waals surface area contributed by atoms with Crippen molar-refractivity contribution < 1.29 is 4.74 Å². The van der Waals surface area contributed by atoms with Crippen molar-refractivity contribution >= 4 is 22.9 Å². The van der Waals surface area contributed by atoms with Gasteiger partial charge in [-0.3, -0.25) is 0 Å². The van der Waals surface area contributed by atoms with Gasteiger partial charge < -0.3 is 10.5 Å². The Bertz CT molecular complexity index is 621. The molecule has 0 fully saturated rings. The standard InChI is InChI=1S/C17H22ClNOS/c1-10(2)13-8-15(11(3)7-14(13)18)20-16(9-19)17-6-5-12(4)21-17/h5-8,10,16H,9,19H2,1-4H3. The highest BCUT2D eigenvalue weighted by molar-refractivity contribution is 7.12. The van der Waals surface area contributed by atoms with Gasteiger partial charge >= 0.3 is 0 Å². The average molecular weight is 324 g/mol. The van der Waals surface area contributed by atoms with Crippen LogP contribution in [0.15, 0.2) is 24.3 Å². The molecule has 0 spiro atoms. The van der Waals surface area contributed by atoms with Gasteiger partial charge in [-0.25, -0.2) is 0 Å². The summed E-state index contributed by atoms with van der Waals surface area (Å²) in [6, 6.07) is 8.21. The first-order valence-corrected chi connectivity index (χ1v) is 8.35. The van der Waals surface area contributed by atoms with Crippen molar-refractivity contribution in [2.45, 2.75) is 39.7 Å². The molecule has 1 atom stereocenters. The van der Waals surface area contributed by atoms with Crippen LogP contribution < -0.4 is 10.5 Å². The molecule has 0 aliphatic heterocycles. The summed E-state index contributed by atoms with van der Waals surface area (Å²) in [5.74, 6) is 1.23. The highest BCUT2D eigenvalue weighted by Gasteiger charge is 2.17. The van der Waals surface area contributed by atoms with Crippen LogP contribution in [0.1, 0.15) is 46.8 Å². The number of hydrogen-bond donors (Lipinski definition) is 1. The molecule has 2 nitrogen and oxygen atoms in total. The van der Waals surface area contributed by atoms with Gasteiger partial charge in [-0.1, -0.05) is 25.4 Å². The van der Waals surface area contributed by atoms with E-state index in [1.807, 2.05) is 19.1 Å². The fourth-order valence-electron chi connectivity index (χ4n) is 2.24. The second-order valence-electron chi connectivity index (χ2n) is 5.58. The van der Waals surface area contributed by atoms with Gasteiger partial charge in [-0.15, -0.1) is 11.3 Å². The minimum Gasteiger partial charge on any atom is -0.483 e. The third-order valence-corrected chi connectivity index (χ3v) is 4.90. The molecule has 0 aliphatic rings. The Kier molecular flexibility index (Phi) is 5.31. The van der Waals surface area contributed by atoms with Crippen LogP contribution >= 0.6 is 22.9 Å². The van der Waals surface area contributed by atoms with E-state index in [1.54, 1.807) is 11.3 Å². The van der Waals surface area contributed by atoms with Crippen LogP contribution in [0.25, 0.3) is 0 Å². The van der Waals surface area contributed by atoms with E-state index in [2.05, 4.69) is 32.9 Å². The summed E-state index contributed by atoms with van der Waals surface area (Å²) in [5, 5.41) is 0.797. The smallest absolute Gasteiger partial charge is 0.145 e. The largest absolute Gasteiger partial charge is 0.483 e. The van der Waals surface area contributed by atoms with Crippen molar-refractivity contribution in [2.24, 2.45) is 5.73 Å². The summed E-state index contributed by atoms with van der Waals surface area (Å²) in [7, 11) is 0. The number of halogens is 1. The van der Waals surface area contributed by atoms with Crippen LogP contribution in [0, 0.1) is 13.8 Å². The maximum absolute atomic E-state index is 6.31. The molecule has 1 heterocycles. The normalized spacial score (nSPS) is 12.7. The van der Waals surface area contributed by atoms with Crippen molar-refractivity contribution in [1.82, 2.24) is 0 Å². The fraction of sp³-hybridized carbons (Fsp3) is 0.412. The van der Waals surface area contributed by atoms with E-state index in [0.717, 1.165) is 26.8 Å². The molecule has 21 heavy (non-hydrogen) atoms. The molecule has 1 unspecified atom stereocenters. The molecule has 0 aliphatic carbocycles. The summed E-state index contributed by atoms with van der Waals surface area (Å²) in [6.07, 6.45) is -0.108. The first-order valence-electron chi connectivity index (χ1n) is 7.15. The molecular weight excluding hydrogens is 302 g/mol. The summed E-state index contributed by atoms with van der Waals surface area (Å²) >= 11 is 8.04. The lowest BCUT2D eigenvalue weighted by molar-refractivity contribution is 0.216. The summed E-state index contributed by atoms with van der Waals surface area (Å²) in [5.41, 5.74) is 8.04. The van der Waals surface area contributed by atoms with Gasteiger partial charge in [0.05, 0.1) is 0 Å². The zero-order valence-corrected chi connectivity index (χ0v) is 14.5. The molecule has 1 aromatic heterocycles. The van der Waals surface area contributed by atoms with E-state index >= 15 is 0 Å². The molecule has 2 aromatic rings. The molecule has 0 saturated carbocycles. The molecular formula is C17H22ClNOS. The van der Waals surface area contributed by atoms with Gasteiger partial charge in [0.15, 0.2) is 0 Å². The maximum atomic E-state index is 6.31. The number of rotatable bonds is 5. The van der Waals surface area contributed by atoms with Crippen LogP contribution in [-0.2, 0) is 0 Å². The van der Waals surface area contributed by atoms with Crippen molar-refractivity contribution in [1.29, 1.82) is 0 Å². The molecule has 0 bridgehead atoms. The number of benzene rings is 1. The van der Waals surface area contributed by atoms with Gasteiger partial charge in [-0.05, 0) is 55.2 Å². The lowest BCUT2D eigenvalue weighted by Gasteiger charge is -2.20. The van der Waals surface area contributed by atoms with Gasteiger partial charge in [0.1, 0.15) is 11.9 Å². The van der Waals surface area contributed by atoms with Crippen molar-refractivity contribution in [2.75, 3.05) is 6.54 Å². The van der Waals surface area contributed by atoms with Crippen LogP contribution in [0.2, 0.25) is 5.02 Å². The fourth-order valence-corrected chi connectivity index (χ4v) is 3.60. The Morgan fingerprint density at radius 1 is 1.24 bits per heavy atom. The number of ether oxygens (including phenoxy) is 1. The Morgan fingerprint density at radius 3 is 2.48 bits per heavy atom. The minimum atomic E-state index is -0.108. The Balaban J connectivity index is 2.31. The molecule has 2 N–H and O–H groups in total. The number of nitrogens with two attached hydrogens (primary N) is 1. The molecule has 0 amide bonds. The zero-order valence-electron chi connectivity index (χ0n) is 12.9. The second kappa shape index (κ2) is 6.82. The zero-order chi connectivity index (χ0) is 15.6. The highest BCUT2D eigenvalue weighted by Crippen LogP contribution is 2.34. The Morgan fingerprint density at radius 2 is 1.95 bits per heavy atom. The Labute approximate surface area is 135 Å². The van der Waals surface area contributed by atoms with Crippen molar-refractivity contribution in [3.8, 4) is 5.75 Å². The van der Waals surface area contributed by atoms with Crippen molar-refractivity contribution in [3.05, 3.63) is 50.2 Å². The summed E-state index contributed by atoms with van der Waals surface area (Å²) in [4.78, 5) is 2.43. The van der Waals surface area contributed by atoms with E-state index in [-0.39, 0.29) is 6.10 Å². The van der Waals surface area contributed by atoms with Gasteiger partial charge in [0.2, 0.25) is 0 Å². The summed E-state index contributed by atoms with van der Waals surface area (Å²) in [6.45, 7) is 8.82. The number of aryl methyl sites for hydroxylation is 2. The molecule has 0 saturated heterocycles. The lowest BCUT2D eigenvalue weighted by Crippen LogP contribution is -2.18. The molecule has 114 valence electrons. The Hall–Kier alpha value is -1.03. The van der Waals surface area contributed by atoms with Crippen LogP contribution in [0.4, 0.5) is 0 Å².